The fourth-order valence-corrected chi connectivity index (χ4v) is 2.28. The van der Waals surface area contributed by atoms with Gasteiger partial charge in [-0.05, 0) is 18.6 Å². The Morgan fingerprint density at radius 1 is 1.35 bits per heavy atom. The second-order valence-corrected chi connectivity index (χ2v) is 5.30. The number of likely N-dealkylation sites (tertiary alicyclic amines) is 1. The van der Waals surface area contributed by atoms with Crippen molar-refractivity contribution in [2.24, 2.45) is 0 Å². The highest BCUT2D eigenvalue weighted by atomic mass is 19.1. The number of nitrogens with one attached hydrogen (secondary N) is 2. The number of amides is 3. The van der Waals surface area contributed by atoms with E-state index < -0.39 is 23.6 Å². The molecule has 0 radical (unpaired) electrons. The minimum absolute atomic E-state index is 0.0156. The van der Waals surface area contributed by atoms with E-state index in [9.17, 15) is 23.2 Å². The molecule has 124 valence electrons. The lowest BCUT2D eigenvalue weighted by molar-refractivity contribution is -0.131. The van der Waals surface area contributed by atoms with Crippen molar-refractivity contribution in [1.29, 1.82) is 0 Å². The van der Waals surface area contributed by atoms with Crippen LogP contribution in [0.1, 0.15) is 23.2 Å². The normalized spacial score (nSPS) is 17.3. The van der Waals surface area contributed by atoms with E-state index in [2.05, 4.69) is 10.6 Å². The lowest BCUT2D eigenvalue weighted by Crippen LogP contribution is -2.41. The average molecular weight is 325 g/mol. The molecular formula is C15H17F2N3O3. The van der Waals surface area contributed by atoms with Crippen molar-refractivity contribution in [2.45, 2.75) is 18.9 Å². The van der Waals surface area contributed by atoms with E-state index in [1.54, 1.807) is 7.05 Å². The number of rotatable bonds is 5. The third-order valence-corrected chi connectivity index (χ3v) is 3.58. The van der Waals surface area contributed by atoms with E-state index >= 15 is 0 Å². The van der Waals surface area contributed by atoms with E-state index in [0.29, 0.717) is 19.0 Å². The second-order valence-electron chi connectivity index (χ2n) is 5.30. The Morgan fingerprint density at radius 2 is 2.09 bits per heavy atom. The van der Waals surface area contributed by atoms with E-state index in [-0.39, 0.29) is 30.3 Å². The Balaban J connectivity index is 1.77. The Labute approximate surface area is 131 Å². The highest BCUT2D eigenvalue weighted by Crippen LogP contribution is 2.10. The molecular weight excluding hydrogens is 308 g/mol. The lowest BCUT2D eigenvalue weighted by Gasteiger charge is -2.12. The van der Waals surface area contributed by atoms with Crippen molar-refractivity contribution in [1.82, 2.24) is 15.5 Å². The lowest BCUT2D eigenvalue weighted by atomic mass is 10.2. The zero-order chi connectivity index (χ0) is 17.0. The maximum absolute atomic E-state index is 13.4. The molecule has 8 heteroatoms. The molecule has 1 aliphatic heterocycles. The zero-order valence-corrected chi connectivity index (χ0v) is 12.6. The molecule has 23 heavy (non-hydrogen) atoms. The van der Waals surface area contributed by atoms with Gasteiger partial charge in [0.1, 0.15) is 17.7 Å². The third kappa shape index (κ3) is 4.24. The van der Waals surface area contributed by atoms with Gasteiger partial charge in [-0.1, -0.05) is 0 Å². The number of hydrogen-bond acceptors (Lipinski definition) is 3. The van der Waals surface area contributed by atoms with Gasteiger partial charge in [-0.2, -0.15) is 0 Å². The summed E-state index contributed by atoms with van der Waals surface area (Å²) in [7, 11) is 1.66. The first-order valence-electron chi connectivity index (χ1n) is 7.16. The molecule has 2 N–H and O–H groups in total. The maximum Gasteiger partial charge on any atom is 0.254 e. The standard InChI is InChI=1S/C15H17F2N3O3/c1-20-7-5-12(15(20)23)19-13(21)4-6-18-14(22)10-3-2-9(16)8-11(10)17/h2-3,8,12H,4-7H2,1H3,(H,18,22)(H,19,21). The summed E-state index contributed by atoms with van der Waals surface area (Å²) in [6, 6.07) is 2.10. The van der Waals surface area contributed by atoms with Crippen LogP contribution in [-0.4, -0.2) is 48.8 Å². The highest BCUT2D eigenvalue weighted by Gasteiger charge is 2.29. The smallest absolute Gasteiger partial charge is 0.254 e. The van der Waals surface area contributed by atoms with Crippen LogP contribution in [0.3, 0.4) is 0 Å². The van der Waals surface area contributed by atoms with Gasteiger partial charge in [-0.15, -0.1) is 0 Å². The van der Waals surface area contributed by atoms with E-state index in [1.165, 1.54) is 4.90 Å². The Kier molecular flexibility index (Phi) is 5.25. The van der Waals surface area contributed by atoms with E-state index in [0.717, 1.165) is 12.1 Å². The third-order valence-electron chi connectivity index (χ3n) is 3.58. The Hall–Kier alpha value is -2.51. The van der Waals surface area contributed by atoms with Gasteiger partial charge in [0.15, 0.2) is 0 Å². The molecule has 1 aromatic carbocycles. The van der Waals surface area contributed by atoms with Crippen molar-refractivity contribution in [3.8, 4) is 0 Å². The summed E-state index contributed by atoms with van der Waals surface area (Å²) >= 11 is 0. The summed E-state index contributed by atoms with van der Waals surface area (Å²) in [6.07, 6.45) is 0.510. The van der Waals surface area contributed by atoms with Crippen LogP contribution in [0.25, 0.3) is 0 Å². The van der Waals surface area contributed by atoms with Gasteiger partial charge in [0.05, 0.1) is 5.56 Å². The number of halogens is 2. The minimum Gasteiger partial charge on any atom is -0.351 e. The van der Waals surface area contributed by atoms with Crippen LogP contribution in [0.4, 0.5) is 8.78 Å². The molecule has 3 amide bonds. The number of likely N-dealkylation sites (N-methyl/N-ethyl adjacent to an activating group) is 1. The molecule has 1 aromatic rings. The fourth-order valence-electron chi connectivity index (χ4n) is 2.28. The van der Waals surface area contributed by atoms with Gasteiger partial charge in [0.25, 0.3) is 5.91 Å². The van der Waals surface area contributed by atoms with Gasteiger partial charge in [0.2, 0.25) is 11.8 Å². The van der Waals surface area contributed by atoms with Crippen LogP contribution < -0.4 is 10.6 Å². The van der Waals surface area contributed by atoms with Crippen molar-refractivity contribution < 1.29 is 23.2 Å². The number of carbonyl (C=O) groups excluding carboxylic acids is 3. The average Bonchev–Trinajstić information content (AvgIpc) is 2.79. The molecule has 0 aliphatic carbocycles. The first-order valence-corrected chi connectivity index (χ1v) is 7.16. The monoisotopic (exact) mass is 325 g/mol. The first-order chi connectivity index (χ1) is 10.9. The molecule has 0 aromatic heterocycles. The number of benzene rings is 1. The van der Waals surface area contributed by atoms with E-state index in [4.69, 9.17) is 0 Å². The molecule has 1 heterocycles. The molecule has 1 aliphatic rings. The highest BCUT2D eigenvalue weighted by molar-refractivity contribution is 5.94. The van der Waals surface area contributed by atoms with Crippen LogP contribution in [0.15, 0.2) is 18.2 Å². The number of hydrogen-bond donors (Lipinski definition) is 2. The van der Waals surface area contributed by atoms with Gasteiger partial charge < -0.3 is 15.5 Å². The molecule has 2 rings (SSSR count). The predicted octanol–water partition coefficient (Wildman–Crippen LogP) is 0.432. The Morgan fingerprint density at radius 3 is 2.70 bits per heavy atom. The summed E-state index contributed by atoms with van der Waals surface area (Å²) in [5, 5.41) is 4.96. The quantitative estimate of drug-likeness (QED) is 0.824. The number of carbonyl (C=O) groups is 3. The number of nitrogens with zero attached hydrogens (tertiary/aromatic N) is 1. The molecule has 0 bridgehead atoms. The van der Waals surface area contributed by atoms with Crippen LogP contribution in [0.2, 0.25) is 0 Å². The topological polar surface area (TPSA) is 78.5 Å². The van der Waals surface area contributed by atoms with Gasteiger partial charge in [0, 0.05) is 32.6 Å². The molecule has 0 spiro atoms. The van der Waals surface area contributed by atoms with Crippen molar-refractivity contribution >= 4 is 17.7 Å². The summed E-state index contributed by atoms with van der Waals surface area (Å²) in [5.41, 5.74) is -0.292. The van der Waals surface area contributed by atoms with Crippen molar-refractivity contribution in [3.05, 3.63) is 35.4 Å². The summed E-state index contributed by atoms with van der Waals surface area (Å²) in [5.74, 6) is -2.99. The van der Waals surface area contributed by atoms with Gasteiger partial charge in [-0.25, -0.2) is 8.78 Å². The molecule has 6 nitrogen and oxygen atoms in total. The summed E-state index contributed by atoms with van der Waals surface area (Å²) in [6.45, 7) is 0.572. The fraction of sp³-hybridized carbons (Fsp3) is 0.400. The van der Waals surface area contributed by atoms with Crippen LogP contribution >= 0.6 is 0 Å². The summed E-state index contributed by atoms with van der Waals surface area (Å²) in [4.78, 5) is 36.6. The molecule has 1 atom stereocenters. The van der Waals surface area contributed by atoms with Crippen molar-refractivity contribution in [2.75, 3.05) is 20.1 Å². The molecule has 1 unspecified atom stereocenters. The molecule has 1 fully saturated rings. The van der Waals surface area contributed by atoms with Gasteiger partial charge in [-0.3, -0.25) is 14.4 Å². The minimum atomic E-state index is -0.966. The van der Waals surface area contributed by atoms with Crippen LogP contribution in [0, 0.1) is 11.6 Å². The molecule has 0 saturated carbocycles. The van der Waals surface area contributed by atoms with Crippen molar-refractivity contribution in [3.63, 3.8) is 0 Å². The molecule has 1 saturated heterocycles. The summed E-state index contributed by atoms with van der Waals surface area (Å²) < 4.78 is 26.2. The Bertz CT molecular complexity index is 636. The maximum atomic E-state index is 13.4. The van der Waals surface area contributed by atoms with E-state index in [1.807, 2.05) is 0 Å². The zero-order valence-electron chi connectivity index (χ0n) is 12.6. The van der Waals surface area contributed by atoms with Crippen LogP contribution in [0.5, 0.6) is 0 Å². The SMILES string of the molecule is CN1CCC(NC(=O)CCNC(=O)c2ccc(F)cc2F)C1=O. The van der Waals surface area contributed by atoms with Gasteiger partial charge >= 0.3 is 0 Å². The predicted molar refractivity (Wildman–Crippen MR) is 77.5 cm³/mol. The van der Waals surface area contributed by atoms with Crippen LogP contribution in [-0.2, 0) is 9.59 Å². The largest absolute Gasteiger partial charge is 0.351 e. The second kappa shape index (κ2) is 7.17. The first kappa shape index (κ1) is 16.9.